The van der Waals surface area contributed by atoms with Crippen molar-refractivity contribution < 1.29 is 19.4 Å². The molecule has 0 saturated carbocycles. The molecule has 0 heterocycles. The van der Waals surface area contributed by atoms with Gasteiger partial charge in [-0.1, -0.05) is 48.5 Å². The minimum Gasteiger partial charge on any atom is -0.465 e. The molecule has 0 fully saturated rings. The number of fused-ring (bicyclic) bond motifs is 3. The number of hydrogen-bond acceptors (Lipinski definition) is 3. The van der Waals surface area contributed by atoms with Crippen LogP contribution in [0.15, 0.2) is 48.5 Å². The van der Waals surface area contributed by atoms with Gasteiger partial charge < -0.3 is 20.5 Å². The second-order valence-corrected chi connectivity index (χ2v) is 5.84. The molecule has 6 nitrogen and oxygen atoms in total. The van der Waals surface area contributed by atoms with Crippen LogP contribution in [0.4, 0.5) is 9.59 Å². The van der Waals surface area contributed by atoms with E-state index in [0.717, 1.165) is 0 Å². The second kappa shape index (κ2) is 7.70. The van der Waals surface area contributed by atoms with Crippen molar-refractivity contribution in [3.63, 3.8) is 0 Å². The van der Waals surface area contributed by atoms with Gasteiger partial charge in [-0.3, -0.25) is 0 Å². The van der Waals surface area contributed by atoms with Gasteiger partial charge in [0.1, 0.15) is 6.61 Å². The predicted molar refractivity (Wildman–Crippen MR) is 93.7 cm³/mol. The van der Waals surface area contributed by atoms with E-state index in [2.05, 4.69) is 34.9 Å². The molecule has 0 aromatic heterocycles. The molecule has 0 saturated heterocycles. The molecule has 1 aliphatic rings. The van der Waals surface area contributed by atoms with Crippen molar-refractivity contribution in [2.75, 3.05) is 19.7 Å². The first-order chi connectivity index (χ1) is 12.2. The third-order valence-corrected chi connectivity index (χ3v) is 4.24. The van der Waals surface area contributed by atoms with Crippen LogP contribution in [-0.2, 0) is 4.74 Å². The van der Waals surface area contributed by atoms with Crippen LogP contribution in [-0.4, -0.2) is 37.0 Å². The Labute approximate surface area is 145 Å². The Morgan fingerprint density at radius 2 is 1.48 bits per heavy atom. The molecular formula is C19H20N2O4. The van der Waals surface area contributed by atoms with E-state index in [0.29, 0.717) is 19.5 Å². The lowest BCUT2D eigenvalue weighted by molar-refractivity contribution is 0.143. The molecule has 2 amide bonds. The molecule has 1 aliphatic carbocycles. The standard InChI is InChI=1S/C19H20N2O4/c22-18(23)20-10-5-11-21-19(24)25-12-17-15-8-3-1-6-13(15)14-7-2-4-9-16(14)17/h1-4,6-9,17,20H,5,10-12H2,(H,21,24)(H,22,23). The molecular weight excluding hydrogens is 320 g/mol. The van der Waals surface area contributed by atoms with Gasteiger partial charge >= 0.3 is 12.2 Å². The van der Waals surface area contributed by atoms with Crippen LogP contribution in [0.25, 0.3) is 11.1 Å². The maximum Gasteiger partial charge on any atom is 0.407 e. The highest BCUT2D eigenvalue weighted by atomic mass is 16.5. The summed E-state index contributed by atoms with van der Waals surface area (Å²) in [5.41, 5.74) is 4.71. The van der Waals surface area contributed by atoms with Gasteiger partial charge in [-0.2, -0.15) is 0 Å². The Balaban J connectivity index is 1.55. The summed E-state index contributed by atoms with van der Waals surface area (Å²) in [6.45, 7) is 0.920. The van der Waals surface area contributed by atoms with E-state index in [1.54, 1.807) is 0 Å². The number of alkyl carbamates (subject to hydrolysis) is 1. The molecule has 6 heteroatoms. The van der Waals surface area contributed by atoms with Crippen LogP contribution in [0.1, 0.15) is 23.5 Å². The SMILES string of the molecule is O=C(O)NCCCNC(=O)OCC1c2ccccc2-c2ccccc21. The minimum atomic E-state index is -1.07. The van der Waals surface area contributed by atoms with E-state index in [4.69, 9.17) is 9.84 Å². The average Bonchev–Trinajstić information content (AvgIpc) is 2.93. The first-order valence-electron chi connectivity index (χ1n) is 8.22. The van der Waals surface area contributed by atoms with Gasteiger partial charge in [0.15, 0.2) is 0 Å². The van der Waals surface area contributed by atoms with Gasteiger partial charge in [0.05, 0.1) is 0 Å². The summed E-state index contributed by atoms with van der Waals surface area (Å²) in [6, 6.07) is 16.3. The lowest BCUT2D eigenvalue weighted by Gasteiger charge is -2.14. The van der Waals surface area contributed by atoms with Crippen LogP contribution in [0.5, 0.6) is 0 Å². The highest BCUT2D eigenvalue weighted by Crippen LogP contribution is 2.44. The van der Waals surface area contributed by atoms with Crippen molar-refractivity contribution in [2.45, 2.75) is 12.3 Å². The number of carboxylic acid groups (broad SMARTS) is 1. The van der Waals surface area contributed by atoms with Crippen LogP contribution < -0.4 is 10.6 Å². The molecule has 25 heavy (non-hydrogen) atoms. The first-order valence-corrected chi connectivity index (χ1v) is 8.22. The Morgan fingerprint density at radius 1 is 0.920 bits per heavy atom. The Hall–Kier alpha value is -3.02. The Morgan fingerprint density at radius 3 is 2.08 bits per heavy atom. The van der Waals surface area contributed by atoms with Crippen molar-refractivity contribution >= 4 is 12.2 Å². The number of hydrogen-bond donors (Lipinski definition) is 3. The van der Waals surface area contributed by atoms with Gasteiger partial charge in [0.25, 0.3) is 0 Å². The van der Waals surface area contributed by atoms with Crippen molar-refractivity contribution in [3.8, 4) is 11.1 Å². The summed E-state index contributed by atoms with van der Waals surface area (Å²) in [6.07, 6.45) is -1.05. The molecule has 0 bridgehead atoms. The van der Waals surface area contributed by atoms with Crippen molar-refractivity contribution in [1.82, 2.24) is 10.6 Å². The third kappa shape index (κ3) is 3.91. The maximum atomic E-state index is 11.9. The highest BCUT2D eigenvalue weighted by molar-refractivity contribution is 5.79. The molecule has 0 atom stereocenters. The second-order valence-electron chi connectivity index (χ2n) is 5.84. The average molecular weight is 340 g/mol. The van der Waals surface area contributed by atoms with Crippen LogP contribution >= 0.6 is 0 Å². The molecule has 3 rings (SSSR count). The lowest BCUT2D eigenvalue weighted by atomic mass is 9.98. The Bertz CT molecular complexity index is 730. The van der Waals surface area contributed by atoms with Gasteiger partial charge in [0, 0.05) is 19.0 Å². The number of carbonyl (C=O) groups excluding carboxylic acids is 1. The molecule has 0 spiro atoms. The van der Waals surface area contributed by atoms with E-state index in [1.807, 2.05) is 24.3 Å². The molecule has 2 aromatic rings. The number of ether oxygens (including phenoxy) is 1. The minimum absolute atomic E-state index is 0.0341. The molecule has 0 radical (unpaired) electrons. The summed E-state index contributed by atoms with van der Waals surface area (Å²) in [5, 5.41) is 13.3. The van der Waals surface area contributed by atoms with Crippen LogP contribution in [0, 0.1) is 0 Å². The van der Waals surface area contributed by atoms with Gasteiger partial charge in [-0.15, -0.1) is 0 Å². The third-order valence-electron chi connectivity index (χ3n) is 4.24. The fraction of sp³-hybridized carbons (Fsp3) is 0.263. The van der Waals surface area contributed by atoms with Crippen LogP contribution in [0.3, 0.4) is 0 Å². The zero-order valence-electron chi connectivity index (χ0n) is 13.7. The molecule has 130 valence electrons. The van der Waals surface area contributed by atoms with E-state index in [-0.39, 0.29) is 12.5 Å². The summed E-state index contributed by atoms with van der Waals surface area (Å²) in [4.78, 5) is 22.2. The van der Waals surface area contributed by atoms with Crippen molar-refractivity contribution in [2.24, 2.45) is 0 Å². The Kier molecular flexibility index (Phi) is 5.18. The van der Waals surface area contributed by atoms with Gasteiger partial charge in [-0.05, 0) is 28.7 Å². The summed E-state index contributed by atoms with van der Waals surface area (Å²) < 4.78 is 5.38. The van der Waals surface area contributed by atoms with Gasteiger partial charge in [0.2, 0.25) is 0 Å². The van der Waals surface area contributed by atoms with Crippen molar-refractivity contribution in [1.29, 1.82) is 0 Å². The number of rotatable bonds is 6. The molecule has 2 aromatic carbocycles. The number of carbonyl (C=O) groups is 2. The number of benzene rings is 2. The summed E-state index contributed by atoms with van der Waals surface area (Å²) in [7, 11) is 0. The predicted octanol–water partition coefficient (Wildman–Crippen LogP) is 3.18. The van der Waals surface area contributed by atoms with E-state index in [9.17, 15) is 9.59 Å². The monoisotopic (exact) mass is 340 g/mol. The normalized spacial score (nSPS) is 12.2. The van der Waals surface area contributed by atoms with Crippen molar-refractivity contribution in [3.05, 3.63) is 59.7 Å². The molecule has 0 aliphatic heterocycles. The molecule has 0 unspecified atom stereocenters. The largest absolute Gasteiger partial charge is 0.465 e. The summed E-state index contributed by atoms with van der Waals surface area (Å²) >= 11 is 0. The van der Waals surface area contributed by atoms with E-state index < -0.39 is 12.2 Å². The van der Waals surface area contributed by atoms with E-state index >= 15 is 0 Å². The van der Waals surface area contributed by atoms with E-state index in [1.165, 1.54) is 22.3 Å². The topological polar surface area (TPSA) is 87.7 Å². The quantitative estimate of drug-likeness (QED) is 0.705. The zero-order valence-corrected chi connectivity index (χ0v) is 13.7. The highest BCUT2D eigenvalue weighted by Gasteiger charge is 2.28. The fourth-order valence-corrected chi connectivity index (χ4v) is 3.12. The first kappa shape index (κ1) is 16.8. The maximum absolute atomic E-state index is 11.9. The fourth-order valence-electron chi connectivity index (χ4n) is 3.12. The zero-order chi connectivity index (χ0) is 17.6. The molecule has 3 N–H and O–H groups in total. The lowest BCUT2D eigenvalue weighted by Crippen LogP contribution is -2.30. The van der Waals surface area contributed by atoms with Gasteiger partial charge in [-0.25, -0.2) is 9.59 Å². The summed E-state index contributed by atoms with van der Waals surface area (Å²) in [5.74, 6) is 0.0341. The number of nitrogens with one attached hydrogen (secondary N) is 2. The smallest absolute Gasteiger partial charge is 0.407 e. The number of amides is 2. The van der Waals surface area contributed by atoms with Crippen LogP contribution in [0.2, 0.25) is 0 Å².